The van der Waals surface area contributed by atoms with Crippen LogP contribution in [0.3, 0.4) is 0 Å². The average molecular weight is 272 g/mol. The summed E-state index contributed by atoms with van der Waals surface area (Å²) in [5.41, 5.74) is 20.9. The molecule has 0 atom stereocenters. The molecule has 0 heterocycles. The van der Waals surface area contributed by atoms with Crippen LogP contribution in [0.1, 0.15) is 0 Å². The minimum atomic E-state index is -0.342. The SMILES string of the molecule is N=C(N)N(CCOCCN(C(=N)N)C(=N)N)C(=N)N. The molecule has 0 spiro atoms. The van der Waals surface area contributed by atoms with Gasteiger partial charge in [-0.15, -0.1) is 0 Å². The van der Waals surface area contributed by atoms with E-state index in [-0.39, 0.29) is 50.1 Å². The van der Waals surface area contributed by atoms with Gasteiger partial charge in [0.15, 0.2) is 23.8 Å². The number of hydrogen-bond donors (Lipinski definition) is 8. The van der Waals surface area contributed by atoms with E-state index in [1.54, 1.807) is 0 Å². The highest BCUT2D eigenvalue weighted by Gasteiger charge is 2.11. The lowest BCUT2D eigenvalue weighted by atomic mass is 10.5. The summed E-state index contributed by atoms with van der Waals surface area (Å²) in [5.74, 6) is -1.37. The van der Waals surface area contributed by atoms with Gasteiger partial charge in [-0.25, -0.2) is 0 Å². The Morgan fingerprint density at radius 3 is 1.16 bits per heavy atom. The molecule has 0 radical (unpaired) electrons. The number of rotatable bonds is 6. The van der Waals surface area contributed by atoms with Crippen LogP contribution >= 0.6 is 0 Å². The summed E-state index contributed by atoms with van der Waals surface area (Å²) in [6, 6.07) is 0. The van der Waals surface area contributed by atoms with E-state index in [0.717, 1.165) is 9.80 Å². The van der Waals surface area contributed by atoms with Crippen molar-refractivity contribution in [2.24, 2.45) is 22.9 Å². The van der Waals surface area contributed by atoms with Gasteiger partial charge in [0.25, 0.3) is 0 Å². The molecule has 19 heavy (non-hydrogen) atoms. The van der Waals surface area contributed by atoms with Crippen LogP contribution in [0.4, 0.5) is 0 Å². The third-order valence-corrected chi connectivity index (χ3v) is 2.08. The Hall–Kier alpha value is -2.56. The predicted octanol–water partition coefficient (Wildman–Crippen LogP) is -2.82. The third-order valence-electron chi connectivity index (χ3n) is 2.08. The van der Waals surface area contributed by atoms with Gasteiger partial charge < -0.3 is 27.7 Å². The maximum Gasteiger partial charge on any atom is 0.195 e. The van der Waals surface area contributed by atoms with Crippen molar-refractivity contribution >= 4 is 23.8 Å². The molecule has 0 saturated heterocycles. The quantitative estimate of drug-likeness (QED) is 0.144. The zero-order chi connectivity index (χ0) is 15.0. The zero-order valence-electron chi connectivity index (χ0n) is 10.4. The lowest BCUT2D eigenvalue weighted by molar-refractivity contribution is 0.124. The Kier molecular flexibility index (Phi) is 6.67. The van der Waals surface area contributed by atoms with E-state index in [2.05, 4.69) is 0 Å². The smallest absolute Gasteiger partial charge is 0.195 e. The Morgan fingerprint density at radius 2 is 0.947 bits per heavy atom. The standard InChI is InChI=1S/C8H20N10O/c9-5(10)17(6(11)12)1-3-19-4-2-18(7(13)14)8(15)16/h1-4H2,(H3,9,10)(H3,11,12)(H3,13,14)(H3,15,16). The molecule has 12 N–H and O–H groups in total. The second-order valence-electron chi connectivity index (χ2n) is 3.46. The lowest BCUT2D eigenvalue weighted by Gasteiger charge is -2.22. The molecular formula is C8H20N10O. The first-order chi connectivity index (χ1) is 8.77. The number of guanidine groups is 4. The fraction of sp³-hybridized carbons (Fsp3) is 0.500. The minimum Gasteiger partial charge on any atom is -0.378 e. The van der Waals surface area contributed by atoms with Crippen LogP contribution in [0.15, 0.2) is 0 Å². The number of nitrogens with two attached hydrogens (primary N) is 4. The van der Waals surface area contributed by atoms with E-state index in [9.17, 15) is 0 Å². The van der Waals surface area contributed by atoms with Crippen molar-refractivity contribution in [3.05, 3.63) is 0 Å². The van der Waals surface area contributed by atoms with Crippen LogP contribution < -0.4 is 22.9 Å². The molecule has 0 aliphatic heterocycles. The van der Waals surface area contributed by atoms with Crippen molar-refractivity contribution in [3.63, 3.8) is 0 Å². The Bertz CT molecular complexity index is 305. The van der Waals surface area contributed by atoms with Crippen molar-refractivity contribution < 1.29 is 4.74 Å². The van der Waals surface area contributed by atoms with E-state index in [1.807, 2.05) is 0 Å². The van der Waals surface area contributed by atoms with Crippen molar-refractivity contribution in [2.45, 2.75) is 0 Å². The Morgan fingerprint density at radius 1 is 0.684 bits per heavy atom. The highest BCUT2D eigenvalue weighted by atomic mass is 16.5. The first-order valence-electron chi connectivity index (χ1n) is 5.26. The molecular weight excluding hydrogens is 252 g/mol. The Balaban J connectivity index is 3.98. The van der Waals surface area contributed by atoms with Crippen LogP contribution in [0.2, 0.25) is 0 Å². The lowest BCUT2D eigenvalue weighted by Crippen LogP contribution is -2.47. The van der Waals surface area contributed by atoms with Gasteiger partial charge in [-0.1, -0.05) is 0 Å². The molecule has 0 bridgehead atoms. The van der Waals surface area contributed by atoms with Gasteiger partial charge in [-0.2, -0.15) is 0 Å². The fourth-order valence-corrected chi connectivity index (χ4v) is 1.16. The van der Waals surface area contributed by atoms with Crippen LogP contribution in [0.25, 0.3) is 0 Å². The van der Waals surface area contributed by atoms with Gasteiger partial charge in [0.1, 0.15) is 0 Å². The average Bonchev–Trinajstić information content (AvgIpc) is 2.25. The molecule has 0 aliphatic rings. The van der Waals surface area contributed by atoms with Crippen molar-refractivity contribution in [3.8, 4) is 0 Å². The van der Waals surface area contributed by atoms with Gasteiger partial charge >= 0.3 is 0 Å². The summed E-state index contributed by atoms with van der Waals surface area (Å²) >= 11 is 0. The molecule has 0 fully saturated rings. The molecule has 108 valence electrons. The number of ether oxygens (including phenoxy) is 1. The number of nitrogens with zero attached hydrogens (tertiary/aromatic N) is 2. The summed E-state index contributed by atoms with van der Waals surface area (Å²) < 4.78 is 5.20. The molecule has 0 aromatic rings. The third kappa shape index (κ3) is 6.07. The van der Waals surface area contributed by atoms with Crippen LogP contribution in [0, 0.1) is 21.6 Å². The van der Waals surface area contributed by atoms with Crippen molar-refractivity contribution in [2.75, 3.05) is 26.3 Å². The summed E-state index contributed by atoms with van der Waals surface area (Å²) in [6.07, 6.45) is 0. The summed E-state index contributed by atoms with van der Waals surface area (Å²) in [7, 11) is 0. The number of hydrogen-bond acceptors (Lipinski definition) is 5. The van der Waals surface area contributed by atoms with E-state index in [0.29, 0.717) is 0 Å². The first kappa shape index (κ1) is 16.4. The molecule has 0 unspecified atom stereocenters. The molecule has 0 saturated carbocycles. The predicted molar refractivity (Wildman–Crippen MR) is 71.9 cm³/mol. The van der Waals surface area contributed by atoms with Crippen LogP contribution in [-0.4, -0.2) is 59.9 Å². The van der Waals surface area contributed by atoms with E-state index < -0.39 is 0 Å². The largest absolute Gasteiger partial charge is 0.378 e. The number of nitrogens with one attached hydrogen (secondary N) is 4. The fourth-order valence-electron chi connectivity index (χ4n) is 1.16. The molecule has 0 rings (SSSR count). The molecule has 11 heteroatoms. The van der Waals surface area contributed by atoms with Crippen molar-refractivity contribution in [1.82, 2.24) is 9.80 Å². The van der Waals surface area contributed by atoms with Gasteiger partial charge in [0.2, 0.25) is 0 Å². The first-order valence-corrected chi connectivity index (χ1v) is 5.26. The summed E-state index contributed by atoms with van der Waals surface area (Å²) in [6.45, 7) is 0.654. The molecule has 0 aliphatic carbocycles. The van der Waals surface area contributed by atoms with Gasteiger partial charge in [-0.05, 0) is 0 Å². The normalized spacial score (nSPS) is 9.68. The van der Waals surface area contributed by atoms with Gasteiger partial charge in [-0.3, -0.25) is 31.4 Å². The highest BCUT2D eigenvalue weighted by molar-refractivity contribution is 5.94. The summed E-state index contributed by atoms with van der Waals surface area (Å²) in [4.78, 5) is 2.13. The molecule has 11 nitrogen and oxygen atoms in total. The highest BCUT2D eigenvalue weighted by Crippen LogP contribution is 1.89. The van der Waals surface area contributed by atoms with Crippen molar-refractivity contribution in [1.29, 1.82) is 21.6 Å². The molecule has 0 amide bonds. The minimum absolute atomic E-state index is 0.158. The zero-order valence-corrected chi connectivity index (χ0v) is 10.4. The van der Waals surface area contributed by atoms with Crippen LogP contribution in [-0.2, 0) is 4.74 Å². The molecule has 0 aromatic heterocycles. The van der Waals surface area contributed by atoms with Crippen LogP contribution in [0.5, 0.6) is 0 Å². The van der Waals surface area contributed by atoms with E-state index in [4.69, 9.17) is 49.3 Å². The summed E-state index contributed by atoms with van der Waals surface area (Å²) in [5, 5.41) is 28.7. The monoisotopic (exact) mass is 272 g/mol. The second kappa shape index (κ2) is 7.71. The maximum absolute atomic E-state index is 7.17. The van der Waals surface area contributed by atoms with Gasteiger partial charge in [0, 0.05) is 0 Å². The Labute approximate surface area is 110 Å². The topological polar surface area (TPSA) is 215 Å². The maximum atomic E-state index is 7.17. The van der Waals surface area contributed by atoms with E-state index in [1.165, 1.54) is 0 Å². The second-order valence-corrected chi connectivity index (χ2v) is 3.46. The van der Waals surface area contributed by atoms with E-state index >= 15 is 0 Å². The molecule has 0 aromatic carbocycles. The van der Waals surface area contributed by atoms with Gasteiger partial charge in [0.05, 0.1) is 26.3 Å².